The van der Waals surface area contributed by atoms with E-state index in [4.69, 9.17) is 0 Å². The molecule has 1 saturated heterocycles. The van der Waals surface area contributed by atoms with Crippen LogP contribution in [-0.4, -0.2) is 51.3 Å². The van der Waals surface area contributed by atoms with Crippen LogP contribution < -0.4 is 0 Å². The second-order valence-corrected chi connectivity index (χ2v) is 12.3. The molecule has 1 unspecified atom stereocenters. The normalized spacial score (nSPS) is 19.1. The molecule has 0 radical (unpaired) electrons. The molecule has 4 heterocycles. The Labute approximate surface area is 238 Å². The van der Waals surface area contributed by atoms with Crippen LogP contribution in [0, 0.1) is 18.2 Å². The zero-order chi connectivity index (χ0) is 29.9. The molecule has 2 aliphatic rings. The molecule has 1 aromatic carbocycles. The zero-order valence-electron chi connectivity index (χ0n) is 22.1. The summed E-state index contributed by atoms with van der Waals surface area (Å²) in [4.78, 5) is 21.3. The molecule has 216 valence electrons. The van der Waals surface area contributed by atoms with Gasteiger partial charge < -0.3 is 0 Å². The number of carbonyl (C=O) groups is 1. The highest BCUT2D eigenvalue weighted by Gasteiger charge is 2.51. The summed E-state index contributed by atoms with van der Waals surface area (Å²) in [6.45, 7) is 1.44. The van der Waals surface area contributed by atoms with E-state index in [9.17, 15) is 30.8 Å². The smallest absolute Gasteiger partial charge is 0.291 e. The van der Waals surface area contributed by atoms with Crippen molar-refractivity contribution in [2.24, 2.45) is 5.41 Å². The van der Waals surface area contributed by atoms with E-state index in [0.29, 0.717) is 28.6 Å². The fourth-order valence-corrected chi connectivity index (χ4v) is 7.10. The van der Waals surface area contributed by atoms with Gasteiger partial charge in [-0.3, -0.25) is 14.8 Å². The summed E-state index contributed by atoms with van der Waals surface area (Å²) in [5, 5.41) is 4.46. The molecule has 1 aliphatic heterocycles. The standard InChI is InChI=1S/C29H23F4N5O3S/c1-18-6-9-34-24(12-18)27(39)28-15-19-16-36-38(22-4-2-21(30)3-5-22)25(19)13-20(28)8-11-37(17-28)42(40,41)23-7-10-35-26(14-23)29(31,32)33/h2-7,9-10,12-14,16H,8,11,15,17H2,1H3. The fourth-order valence-electron chi connectivity index (χ4n) is 5.59. The van der Waals surface area contributed by atoms with Crippen molar-refractivity contribution in [3.8, 4) is 5.69 Å². The summed E-state index contributed by atoms with van der Waals surface area (Å²) in [6, 6.07) is 10.6. The Morgan fingerprint density at radius 3 is 2.48 bits per heavy atom. The van der Waals surface area contributed by atoms with Crippen LogP contribution in [0.25, 0.3) is 11.8 Å². The van der Waals surface area contributed by atoms with Crippen LogP contribution >= 0.6 is 0 Å². The van der Waals surface area contributed by atoms with Crippen molar-refractivity contribution >= 4 is 21.9 Å². The molecule has 0 amide bonds. The summed E-state index contributed by atoms with van der Waals surface area (Å²) >= 11 is 0. The van der Waals surface area contributed by atoms with Crippen LogP contribution in [0.2, 0.25) is 0 Å². The summed E-state index contributed by atoms with van der Waals surface area (Å²) in [5.41, 5.74) is 0.826. The zero-order valence-corrected chi connectivity index (χ0v) is 23.0. The van der Waals surface area contributed by atoms with E-state index in [0.717, 1.165) is 22.1 Å². The van der Waals surface area contributed by atoms with Gasteiger partial charge in [0.15, 0.2) is 5.78 Å². The van der Waals surface area contributed by atoms with Crippen molar-refractivity contribution in [3.63, 3.8) is 0 Å². The monoisotopic (exact) mass is 597 g/mol. The first kappa shape index (κ1) is 27.9. The molecule has 6 rings (SSSR count). The maximum absolute atomic E-state index is 14.3. The largest absolute Gasteiger partial charge is 0.433 e. The molecule has 42 heavy (non-hydrogen) atoms. The minimum Gasteiger partial charge on any atom is -0.291 e. The van der Waals surface area contributed by atoms with Gasteiger partial charge >= 0.3 is 6.18 Å². The highest BCUT2D eigenvalue weighted by molar-refractivity contribution is 7.89. The molecule has 3 aromatic heterocycles. The summed E-state index contributed by atoms with van der Waals surface area (Å²) in [6.07, 6.45) is 1.08. The van der Waals surface area contributed by atoms with E-state index in [1.165, 1.54) is 18.3 Å². The Balaban J connectivity index is 1.45. The third-order valence-electron chi connectivity index (χ3n) is 7.69. The van der Waals surface area contributed by atoms with Gasteiger partial charge in [0.2, 0.25) is 10.0 Å². The van der Waals surface area contributed by atoms with Crippen LogP contribution in [0.1, 0.15) is 39.4 Å². The SMILES string of the molecule is Cc1ccnc(C(=O)C23Cc4cnn(-c5ccc(F)cc5)c4C=C2CCN(S(=O)(=O)c2ccnc(C(F)(F)F)c2)C3)c1. The fraction of sp³-hybridized carbons (Fsp3) is 0.241. The molecule has 0 N–H and O–H groups in total. The van der Waals surface area contributed by atoms with Gasteiger partial charge in [0, 0.05) is 25.5 Å². The minimum absolute atomic E-state index is 0.0614. The lowest BCUT2D eigenvalue weighted by Crippen LogP contribution is -2.53. The van der Waals surface area contributed by atoms with Crippen LogP contribution in [0.5, 0.6) is 0 Å². The Kier molecular flexibility index (Phi) is 6.61. The topological polar surface area (TPSA) is 98.0 Å². The van der Waals surface area contributed by atoms with E-state index >= 15 is 0 Å². The van der Waals surface area contributed by atoms with E-state index in [1.54, 1.807) is 48.1 Å². The van der Waals surface area contributed by atoms with Crippen LogP contribution in [0.3, 0.4) is 0 Å². The first-order valence-corrected chi connectivity index (χ1v) is 14.4. The quantitative estimate of drug-likeness (QED) is 0.237. The molecule has 0 bridgehead atoms. The number of rotatable bonds is 5. The Morgan fingerprint density at radius 2 is 1.76 bits per heavy atom. The van der Waals surface area contributed by atoms with Gasteiger partial charge in [-0.15, -0.1) is 0 Å². The third kappa shape index (κ3) is 4.71. The third-order valence-corrected chi connectivity index (χ3v) is 9.54. The van der Waals surface area contributed by atoms with Gasteiger partial charge in [-0.25, -0.2) is 17.5 Å². The number of aryl methyl sites for hydroxylation is 1. The second kappa shape index (κ2) is 9.95. The van der Waals surface area contributed by atoms with E-state index in [2.05, 4.69) is 15.1 Å². The lowest BCUT2D eigenvalue weighted by Gasteiger charge is -2.44. The number of hydrogen-bond donors (Lipinski definition) is 0. The average molecular weight is 598 g/mol. The minimum atomic E-state index is -4.83. The van der Waals surface area contributed by atoms with Crippen molar-refractivity contribution < 1.29 is 30.8 Å². The lowest BCUT2D eigenvalue weighted by atomic mass is 9.65. The number of benzene rings is 1. The van der Waals surface area contributed by atoms with Gasteiger partial charge in [-0.2, -0.15) is 22.6 Å². The predicted molar refractivity (Wildman–Crippen MR) is 144 cm³/mol. The predicted octanol–water partition coefficient (Wildman–Crippen LogP) is 5.03. The van der Waals surface area contributed by atoms with Crippen molar-refractivity contribution in [2.75, 3.05) is 13.1 Å². The van der Waals surface area contributed by atoms with Crippen LogP contribution in [-0.2, 0) is 22.6 Å². The number of piperidine rings is 1. The van der Waals surface area contributed by atoms with Crippen molar-refractivity contribution in [2.45, 2.75) is 30.8 Å². The summed E-state index contributed by atoms with van der Waals surface area (Å²) in [5.74, 6) is -0.804. The molecule has 0 spiro atoms. The molecule has 13 heteroatoms. The number of nitrogens with zero attached hydrogens (tertiary/aromatic N) is 5. The second-order valence-electron chi connectivity index (χ2n) is 10.4. The number of alkyl halides is 3. The number of halogens is 4. The molecular formula is C29H23F4N5O3S. The molecule has 0 saturated carbocycles. The number of ketones is 1. The number of hydrogen-bond acceptors (Lipinski definition) is 6. The molecular weight excluding hydrogens is 574 g/mol. The average Bonchev–Trinajstić information content (AvgIpc) is 3.37. The molecule has 8 nitrogen and oxygen atoms in total. The molecule has 1 fully saturated rings. The highest BCUT2D eigenvalue weighted by Crippen LogP contribution is 2.47. The number of fused-ring (bicyclic) bond motifs is 2. The highest BCUT2D eigenvalue weighted by atomic mass is 32.2. The number of aromatic nitrogens is 4. The number of sulfonamides is 1. The summed E-state index contributed by atoms with van der Waals surface area (Å²) < 4.78 is 83.6. The maximum Gasteiger partial charge on any atom is 0.433 e. The molecule has 4 aromatic rings. The number of Topliss-reactive ketones (excluding diaryl/α,β-unsaturated/α-hetero) is 1. The Hall–Kier alpha value is -4.23. The van der Waals surface area contributed by atoms with Crippen LogP contribution in [0.15, 0.2) is 77.6 Å². The van der Waals surface area contributed by atoms with Crippen molar-refractivity contribution in [1.29, 1.82) is 0 Å². The van der Waals surface area contributed by atoms with Crippen LogP contribution in [0.4, 0.5) is 17.6 Å². The van der Waals surface area contributed by atoms with Gasteiger partial charge in [-0.1, -0.05) is 5.57 Å². The number of carbonyl (C=O) groups excluding carboxylic acids is 1. The van der Waals surface area contributed by atoms with Gasteiger partial charge in [0.1, 0.15) is 17.2 Å². The first-order chi connectivity index (χ1) is 19.9. The van der Waals surface area contributed by atoms with E-state index < -0.39 is 43.8 Å². The maximum atomic E-state index is 14.3. The first-order valence-electron chi connectivity index (χ1n) is 12.9. The molecule has 1 atom stereocenters. The lowest BCUT2D eigenvalue weighted by molar-refractivity contribution is -0.141. The summed E-state index contributed by atoms with van der Waals surface area (Å²) in [7, 11) is -4.44. The van der Waals surface area contributed by atoms with Crippen molar-refractivity contribution in [1.82, 2.24) is 24.1 Å². The molecule has 1 aliphatic carbocycles. The van der Waals surface area contributed by atoms with Gasteiger partial charge in [0.25, 0.3) is 0 Å². The van der Waals surface area contributed by atoms with Gasteiger partial charge in [0.05, 0.1) is 27.9 Å². The Bertz CT molecular complexity index is 1850. The van der Waals surface area contributed by atoms with Gasteiger partial charge in [-0.05, 0) is 85.5 Å². The van der Waals surface area contributed by atoms with E-state index in [-0.39, 0.29) is 31.6 Å². The van der Waals surface area contributed by atoms with Crippen molar-refractivity contribution in [3.05, 3.63) is 107 Å². The Morgan fingerprint density at radius 1 is 1.02 bits per heavy atom. The van der Waals surface area contributed by atoms with E-state index in [1.807, 2.05) is 0 Å². The number of pyridine rings is 2.